The molecule has 38 heavy (non-hydrogen) atoms. The third-order valence-corrected chi connectivity index (χ3v) is 6.31. The lowest BCUT2D eigenvalue weighted by atomic mass is 9.90. The monoisotopic (exact) mass is 510 g/mol. The summed E-state index contributed by atoms with van der Waals surface area (Å²) in [6.45, 7) is 0.478. The van der Waals surface area contributed by atoms with E-state index in [1.54, 1.807) is 49.6 Å². The molecule has 0 saturated heterocycles. The minimum absolute atomic E-state index is 0.0217. The third kappa shape index (κ3) is 8.03. The standard InChI is InChI=1S/C30H30N4O4/c35-29(37-21-11-27(23-3-13-31-14-4-23)24-5-15-32-16-6-24)1-2-30(36)38-22-12-28(25-7-17-33-18-8-25)26-9-19-34-20-10-26/h3-10,13-20,27-28H,1-2,11-12,21-22H2. The van der Waals surface area contributed by atoms with E-state index in [9.17, 15) is 9.59 Å². The van der Waals surface area contributed by atoms with Gasteiger partial charge in [-0.1, -0.05) is 0 Å². The lowest BCUT2D eigenvalue weighted by Crippen LogP contribution is -2.14. The normalized spacial score (nSPS) is 10.9. The SMILES string of the molecule is O=C(CCC(=O)OCCC(c1ccncc1)c1ccncc1)OCCC(c1ccncc1)c1ccncc1. The van der Waals surface area contributed by atoms with Gasteiger partial charge in [-0.05, 0) is 83.6 Å². The van der Waals surface area contributed by atoms with Crippen LogP contribution in [-0.4, -0.2) is 45.1 Å². The van der Waals surface area contributed by atoms with Crippen molar-refractivity contribution >= 4 is 11.9 Å². The highest BCUT2D eigenvalue weighted by Crippen LogP contribution is 2.28. The first kappa shape index (κ1) is 26.6. The average Bonchev–Trinajstić information content (AvgIpc) is 2.98. The quantitative estimate of drug-likeness (QED) is 0.235. The van der Waals surface area contributed by atoms with Crippen molar-refractivity contribution in [1.29, 1.82) is 0 Å². The van der Waals surface area contributed by atoms with Crippen LogP contribution >= 0.6 is 0 Å². The van der Waals surface area contributed by atoms with Crippen LogP contribution in [-0.2, 0) is 19.1 Å². The number of hydrogen-bond donors (Lipinski definition) is 0. The highest BCUT2D eigenvalue weighted by Gasteiger charge is 2.17. The van der Waals surface area contributed by atoms with Crippen LogP contribution in [0.3, 0.4) is 0 Å². The summed E-state index contributed by atoms with van der Waals surface area (Å²) >= 11 is 0. The fraction of sp³-hybridized carbons (Fsp3) is 0.267. The van der Waals surface area contributed by atoms with Crippen molar-refractivity contribution in [3.8, 4) is 0 Å². The van der Waals surface area contributed by atoms with Gasteiger partial charge in [0.1, 0.15) is 0 Å². The highest BCUT2D eigenvalue weighted by molar-refractivity contribution is 5.77. The first-order valence-electron chi connectivity index (χ1n) is 12.6. The summed E-state index contributed by atoms with van der Waals surface area (Å²) in [6.07, 6.45) is 15.2. The predicted octanol–water partition coefficient (Wildman–Crippen LogP) is 4.88. The van der Waals surface area contributed by atoms with E-state index in [1.807, 2.05) is 48.5 Å². The summed E-state index contributed by atoms with van der Waals surface area (Å²) in [5.41, 5.74) is 4.34. The molecule has 0 atom stereocenters. The molecule has 8 heteroatoms. The maximum absolute atomic E-state index is 12.3. The lowest BCUT2D eigenvalue weighted by Gasteiger charge is -2.18. The van der Waals surface area contributed by atoms with Gasteiger partial charge in [-0.15, -0.1) is 0 Å². The van der Waals surface area contributed by atoms with Crippen molar-refractivity contribution < 1.29 is 19.1 Å². The number of aromatic nitrogens is 4. The fourth-order valence-electron chi connectivity index (χ4n) is 4.36. The van der Waals surface area contributed by atoms with Gasteiger partial charge in [-0.2, -0.15) is 0 Å². The van der Waals surface area contributed by atoms with Crippen LogP contribution in [0.15, 0.2) is 98.1 Å². The highest BCUT2D eigenvalue weighted by atomic mass is 16.5. The van der Waals surface area contributed by atoms with Gasteiger partial charge >= 0.3 is 11.9 Å². The molecule has 0 amide bonds. The number of nitrogens with zero attached hydrogens (tertiary/aromatic N) is 4. The van der Waals surface area contributed by atoms with E-state index in [0.717, 1.165) is 22.3 Å². The second-order valence-corrected chi connectivity index (χ2v) is 8.75. The van der Waals surface area contributed by atoms with Gasteiger partial charge in [0.2, 0.25) is 0 Å². The van der Waals surface area contributed by atoms with Crippen LogP contribution in [0, 0.1) is 0 Å². The number of rotatable bonds is 13. The molecule has 4 heterocycles. The summed E-state index contributed by atoms with van der Waals surface area (Å²) in [6, 6.07) is 15.6. The van der Waals surface area contributed by atoms with Crippen molar-refractivity contribution in [3.05, 3.63) is 120 Å². The van der Waals surface area contributed by atoms with Gasteiger partial charge in [0, 0.05) is 61.4 Å². The van der Waals surface area contributed by atoms with Gasteiger partial charge in [-0.25, -0.2) is 0 Å². The second-order valence-electron chi connectivity index (χ2n) is 8.75. The molecular weight excluding hydrogens is 480 g/mol. The Labute approximate surface area is 222 Å². The van der Waals surface area contributed by atoms with E-state index in [1.165, 1.54) is 0 Å². The van der Waals surface area contributed by atoms with Crippen LogP contribution in [0.25, 0.3) is 0 Å². The number of ether oxygens (including phenoxy) is 2. The third-order valence-electron chi connectivity index (χ3n) is 6.31. The maximum Gasteiger partial charge on any atom is 0.306 e. The van der Waals surface area contributed by atoms with E-state index in [0.29, 0.717) is 12.8 Å². The van der Waals surface area contributed by atoms with Crippen LogP contribution in [0.5, 0.6) is 0 Å². The van der Waals surface area contributed by atoms with Gasteiger partial charge < -0.3 is 9.47 Å². The van der Waals surface area contributed by atoms with Crippen molar-refractivity contribution in [1.82, 2.24) is 19.9 Å². The molecule has 0 aromatic carbocycles. The van der Waals surface area contributed by atoms with Crippen LogP contribution in [0.4, 0.5) is 0 Å². The molecule has 0 aliphatic rings. The Hall–Kier alpha value is -4.46. The molecule has 0 saturated carbocycles. The molecule has 0 N–H and O–H groups in total. The molecule has 4 aromatic rings. The van der Waals surface area contributed by atoms with Gasteiger partial charge in [-0.3, -0.25) is 29.5 Å². The minimum atomic E-state index is -0.420. The molecule has 0 radical (unpaired) electrons. The van der Waals surface area contributed by atoms with Crippen LogP contribution in [0.1, 0.15) is 59.8 Å². The zero-order chi connectivity index (χ0) is 26.4. The molecular formula is C30H30N4O4. The van der Waals surface area contributed by atoms with E-state index in [4.69, 9.17) is 9.47 Å². The fourth-order valence-corrected chi connectivity index (χ4v) is 4.36. The van der Waals surface area contributed by atoms with Crippen LogP contribution < -0.4 is 0 Å². The van der Waals surface area contributed by atoms with Gasteiger partial charge in [0.25, 0.3) is 0 Å². The average molecular weight is 511 g/mol. The molecule has 8 nitrogen and oxygen atoms in total. The van der Waals surface area contributed by atoms with Gasteiger partial charge in [0.15, 0.2) is 0 Å². The molecule has 4 aromatic heterocycles. The van der Waals surface area contributed by atoms with Crippen LogP contribution in [0.2, 0.25) is 0 Å². The Morgan fingerprint density at radius 2 is 0.763 bits per heavy atom. The minimum Gasteiger partial charge on any atom is -0.466 e. The van der Waals surface area contributed by atoms with E-state index >= 15 is 0 Å². The molecule has 0 unspecified atom stereocenters. The summed E-state index contributed by atoms with van der Waals surface area (Å²) < 4.78 is 10.9. The smallest absolute Gasteiger partial charge is 0.306 e. The van der Waals surface area contributed by atoms with Crippen molar-refractivity contribution in [2.24, 2.45) is 0 Å². The van der Waals surface area contributed by atoms with E-state index in [-0.39, 0.29) is 37.9 Å². The first-order chi connectivity index (χ1) is 18.7. The summed E-state index contributed by atoms with van der Waals surface area (Å²) in [7, 11) is 0. The number of esters is 2. The Bertz CT molecular complexity index is 1080. The predicted molar refractivity (Wildman–Crippen MR) is 141 cm³/mol. The molecule has 194 valence electrons. The largest absolute Gasteiger partial charge is 0.466 e. The van der Waals surface area contributed by atoms with Crippen molar-refractivity contribution in [2.75, 3.05) is 13.2 Å². The number of carbonyl (C=O) groups excluding carboxylic acids is 2. The Balaban J connectivity index is 1.21. The number of hydrogen-bond acceptors (Lipinski definition) is 8. The van der Waals surface area contributed by atoms with Crippen molar-refractivity contribution in [3.63, 3.8) is 0 Å². The molecule has 0 bridgehead atoms. The molecule has 0 fully saturated rings. The second kappa shape index (κ2) is 14.3. The summed E-state index contributed by atoms with van der Waals surface area (Å²) in [5.74, 6) is -0.742. The molecule has 0 aliphatic heterocycles. The number of carbonyl (C=O) groups is 2. The molecule has 0 aliphatic carbocycles. The Morgan fingerprint density at radius 3 is 1.03 bits per heavy atom. The van der Waals surface area contributed by atoms with E-state index < -0.39 is 11.9 Å². The Kier molecular flexibility index (Phi) is 10.0. The molecule has 0 spiro atoms. The Morgan fingerprint density at radius 1 is 0.500 bits per heavy atom. The first-order valence-corrected chi connectivity index (χ1v) is 12.6. The zero-order valence-electron chi connectivity index (χ0n) is 21.1. The lowest BCUT2D eigenvalue weighted by molar-refractivity contribution is -0.150. The van der Waals surface area contributed by atoms with Crippen molar-refractivity contribution in [2.45, 2.75) is 37.5 Å². The topological polar surface area (TPSA) is 104 Å². The number of pyridine rings is 4. The van der Waals surface area contributed by atoms with E-state index in [2.05, 4.69) is 19.9 Å². The summed E-state index contributed by atoms with van der Waals surface area (Å²) in [4.78, 5) is 40.9. The molecule has 4 rings (SSSR count). The summed E-state index contributed by atoms with van der Waals surface area (Å²) in [5, 5.41) is 0. The zero-order valence-corrected chi connectivity index (χ0v) is 21.1. The maximum atomic E-state index is 12.3. The van der Waals surface area contributed by atoms with Gasteiger partial charge in [0.05, 0.1) is 26.1 Å².